The van der Waals surface area contributed by atoms with Crippen molar-refractivity contribution in [1.82, 2.24) is 4.98 Å². The van der Waals surface area contributed by atoms with Crippen LogP contribution in [0.25, 0.3) is 16.3 Å². The molecule has 0 bridgehead atoms. The van der Waals surface area contributed by atoms with Crippen LogP contribution >= 0.6 is 34.7 Å². The van der Waals surface area contributed by atoms with Crippen molar-refractivity contribution in [3.63, 3.8) is 0 Å². The van der Waals surface area contributed by atoms with E-state index >= 15 is 0 Å². The van der Waals surface area contributed by atoms with E-state index in [4.69, 9.17) is 16.6 Å². The van der Waals surface area contributed by atoms with E-state index in [1.165, 1.54) is 9.77 Å². The zero-order chi connectivity index (χ0) is 15.8. The number of aromatic nitrogens is 1. The Morgan fingerprint density at radius 2 is 1.83 bits per heavy atom. The first-order chi connectivity index (χ1) is 11.2. The molecule has 1 aliphatic heterocycles. The molecule has 3 aromatic rings. The Morgan fingerprint density at radius 3 is 2.65 bits per heavy atom. The standard InChI is InChI=1S/C18H13ClN2S2/c1-11-17(15-10-22-16-5-3-2-4-14(16)21-15)23-18(20-11)12-6-8-13(19)9-7-12/h2-10,21H,1H3. The second kappa shape index (κ2) is 6.04. The number of nitrogens with zero attached hydrogens (tertiary/aromatic N) is 1. The summed E-state index contributed by atoms with van der Waals surface area (Å²) >= 11 is 9.41. The summed E-state index contributed by atoms with van der Waals surface area (Å²) in [4.78, 5) is 7.15. The Kier molecular flexibility index (Phi) is 3.89. The lowest BCUT2D eigenvalue weighted by Crippen LogP contribution is -2.02. The molecule has 0 saturated heterocycles. The summed E-state index contributed by atoms with van der Waals surface area (Å²) in [6, 6.07) is 16.2. The Hall–Kier alpha value is -1.75. The van der Waals surface area contributed by atoms with E-state index in [-0.39, 0.29) is 0 Å². The van der Waals surface area contributed by atoms with Crippen molar-refractivity contribution >= 4 is 46.1 Å². The van der Waals surface area contributed by atoms with Gasteiger partial charge in [0.25, 0.3) is 0 Å². The Labute approximate surface area is 148 Å². The van der Waals surface area contributed by atoms with Gasteiger partial charge in [0, 0.05) is 20.9 Å². The van der Waals surface area contributed by atoms with Gasteiger partial charge in [-0.2, -0.15) is 0 Å². The second-order valence-electron chi connectivity index (χ2n) is 5.21. The molecule has 0 spiro atoms. The van der Waals surface area contributed by atoms with Gasteiger partial charge in [-0.1, -0.05) is 47.6 Å². The molecule has 0 unspecified atom stereocenters. The molecule has 1 aliphatic rings. The zero-order valence-corrected chi connectivity index (χ0v) is 14.7. The van der Waals surface area contributed by atoms with Crippen molar-refractivity contribution in [1.29, 1.82) is 0 Å². The minimum atomic E-state index is 0.743. The van der Waals surface area contributed by atoms with Gasteiger partial charge in [0.2, 0.25) is 0 Å². The molecule has 2 heterocycles. The molecule has 2 aromatic carbocycles. The third-order valence-corrected chi connectivity index (χ3v) is 6.05. The molecule has 1 N–H and O–H groups in total. The third kappa shape index (κ3) is 2.90. The third-order valence-electron chi connectivity index (χ3n) is 3.59. The predicted octanol–water partition coefficient (Wildman–Crippen LogP) is 6.29. The van der Waals surface area contributed by atoms with Crippen molar-refractivity contribution in [3.05, 3.63) is 69.5 Å². The topological polar surface area (TPSA) is 24.9 Å². The van der Waals surface area contributed by atoms with Gasteiger partial charge in [0.15, 0.2) is 0 Å². The fraction of sp³-hybridized carbons (Fsp3) is 0.0556. The molecule has 0 radical (unpaired) electrons. The average Bonchev–Trinajstić information content (AvgIpc) is 2.97. The molecular formula is C18H13ClN2S2. The number of nitrogens with one attached hydrogen (secondary N) is 1. The molecule has 0 saturated carbocycles. The summed E-state index contributed by atoms with van der Waals surface area (Å²) < 4.78 is 0. The van der Waals surface area contributed by atoms with Gasteiger partial charge < -0.3 is 5.32 Å². The van der Waals surface area contributed by atoms with E-state index in [2.05, 4.69) is 35.8 Å². The number of rotatable bonds is 2. The number of thiazole rings is 1. The number of fused-ring (bicyclic) bond motifs is 1. The highest BCUT2D eigenvalue weighted by molar-refractivity contribution is 8.02. The van der Waals surface area contributed by atoms with Gasteiger partial charge in [0.05, 0.1) is 22.0 Å². The number of thioether (sulfide) groups is 1. The Morgan fingerprint density at radius 1 is 1.04 bits per heavy atom. The Bertz CT molecular complexity index is 898. The number of para-hydroxylation sites is 1. The van der Waals surface area contributed by atoms with Crippen LogP contribution in [0.5, 0.6) is 0 Å². The first-order valence-electron chi connectivity index (χ1n) is 7.17. The summed E-state index contributed by atoms with van der Waals surface area (Å²) in [6.07, 6.45) is 0. The highest BCUT2D eigenvalue weighted by Crippen LogP contribution is 2.40. The van der Waals surface area contributed by atoms with E-state index in [0.29, 0.717) is 0 Å². The molecule has 0 aliphatic carbocycles. The maximum Gasteiger partial charge on any atom is 0.124 e. The second-order valence-corrected chi connectivity index (χ2v) is 7.56. The van der Waals surface area contributed by atoms with E-state index < -0.39 is 0 Å². The minimum Gasteiger partial charge on any atom is -0.353 e. The lowest BCUT2D eigenvalue weighted by molar-refractivity contribution is 1.25. The van der Waals surface area contributed by atoms with E-state index in [1.807, 2.05) is 30.3 Å². The minimum absolute atomic E-state index is 0.743. The highest BCUT2D eigenvalue weighted by atomic mass is 35.5. The number of hydrogen-bond acceptors (Lipinski definition) is 4. The summed E-state index contributed by atoms with van der Waals surface area (Å²) in [5.41, 5.74) is 4.40. The van der Waals surface area contributed by atoms with Crippen LogP contribution in [0.2, 0.25) is 5.02 Å². The molecular weight excluding hydrogens is 344 g/mol. The lowest BCUT2D eigenvalue weighted by Gasteiger charge is -2.17. The van der Waals surface area contributed by atoms with Crippen LogP contribution in [0, 0.1) is 6.92 Å². The molecule has 5 heteroatoms. The SMILES string of the molecule is Cc1nc(-c2ccc(Cl)cc2)sc1C1=CSc2ccccc2N1. The number of anilines is 1. The highest BCUT2D eigenvalue weighted by Gasteiger charge is 2.17. The smallest absolute Gasteiger partial charge is 0.124 e. The molecule has 2 nitrogen and oxygen atoms in total. The molecule has 0 amide bonds. The van der Waals surface area contributed by atoms with Crippen LogP contribution in [0.3, 0.4) is 0 Å². The van der Waals surface area contributed by atoms with Crippen LogP contribution in [0.15, 0.2) is 58.8 Å². The fourth-order valence-corrected chi connectivity index (χ4v) is 4.51. The van der Waals surface area contributed by atoms with Crippen molar-refractivity contribution in [2.75, 3.05) is 5.32 Å². The monoisotopic (exact) mass is 356 g/mol. The maximum absolute atomic E-state index is 5.97. The summed E-state index contributed by atoms with van der Waals surface area (Å²) in [5, 5.41) is 7.44. The summed E-state index contributed by atoms with van der Waals surface area (Å²) in [7, 11) is 0. The van der Waals surface area contributed by atoms with Crippen LogP contribution in [0.1, 0.15) is 10.6 Å². The van der Waals surface area contributed by atoms with Crippen molar-refractivity contribution in [2.45, 2.75) is 11.8 Å². The molecule has 114 valence electrons. The van der Waals surface area contributed by atoms with Gasteiger partial charge in [0.1, 0.15) is 5.01 Å². The number of benzene rings is 2. The van der Waals surface area contributed by atoms with E-state index in [1.54, 1.807) is 23.1 Å². The van der Waals surface area contributed by atoms with Crippen molar-refractivity contribution in [3.8, 4) is 10.6 Å². The molecule has 0 fully saturated rings. The van der Waals surface area contributed by atoms with E-state index in [0.717, 1.165) is 32.7 Å². The summed E-state index contributed by atoms with van der Waals surface area (Å²) in [6.45, 7) is 2.05. The van der Waals surface area contributed by atoms with Gasteiger partial charge >= 0.3 is 0 Å². The normalized spacial score (nSPS) is 13.2. The van der Waals surface area contributed by atoms with Crippen molar-refractivity contribution < 1.29 is 0 Å². The number of aryl methyl sites for hydroxylation is 1. The van der Waals surface area contributed by atoms with Crippen molar-refractivity contribution in [2.24, 2.45) is 0 Å². The van der Waals surface area contributed by atoms with Crippen LogP contribution < -0.4 is 5.32 Å². The zero-order valence-electron chi connectivity index (χ0n) is 12.3. The summed E-state index contributed by atoms with van der Waals surface area (Å²) in [5.74, 6) is 0. The molecule has 4 rings (SSSR count). The number of halogens is 1. The molecule has 23 heavy (non-hydrogen) atoms. The number of hydrogen-bond donors (Lipinski definition) is 1. The van der Waals surface area contributed by atoms with Crippen LogP contribution in [0.4, 0.5) is 5.69 Å². The van der Waals surface area contributed by atoms with Crippen LogP contribution in [-0.2, 0) is 0 Å². The maximum atomic E-state index is 5.97. The van der Waals surface area contributed by atoms with Gasteiger partial charge in [-0.25, -0.2) is 4.98 Å². The van der Waals surface area contributed by atoms with Crippen LogP contribution in [-0.4, -0.2) is 4.98 Å². The first kappa shape index (κ1) is 14.8. The Balaban J connectivity index is 1.68. The van der Waals surface area contributed by atoms with Gasteiger partial charge in [-0.15, -0.1) is 11.3 Å². The lowest BCUT2D eigenvalue weighted by atomic mass is 10.2. The quantitative estimate of drug-likeness (QED) is 0.584. The molecule has 1 aromatic heterocycles. The fourth-order valence-electron chi connectivity index (χ4n) is 2.44. The van der Waals surface area contributed by atoms with Gasteiger partial charge in [-0.3, -0.25) is 0 Å². The largest absolute Gasteiger partial charge is 0.353 e. The van der Waals surface area contributed by atoms with E-state index in [9.17, 15) is 0 Å². The van der Waals surface area contributed by atoms with Gasteiger partial charge in [-0.05, 0) is 31.2 Å². The first-order valence-corrected chi connectivity index (χ1v) is 9.25. The molecule has 0 atom stereocenters. The average molecular weight is 357 g/mol. The predicted molar refractivity (Wildman–Crippen MR) is 101 cm³/mol.